The summed E-state index contributed by atoms with van der Waals surface area (Å²) in [6.45, 7) is 6.13. The van der Waals surface area contributed by atoms with Crippen LogP contribution >= 0.6 is 11.3 Å². The number of nitrogens with zero attached hydrogens (tertiary/aromatic N) is 1. The second kappa shape index (κ2) is 8.79. The molecule has 0 aliphatic carbocycles. The van der Waals surface area contributed by atoms with Crippen molar-refractivity contribution in [2.24, 2.45) is 0 Å². The van der Waals surface area contributed by atoms with E-state index in [4.69, 9.17) is 9.47 Å². The van der Waals surface area contributed by atoms with E-state index >= 15 is 0 Å². The number of aromatic nitrogens is 1. The molecule has 2 aliphatic heterocycles. The van der Waals surface area contributed by atoms with Gasteiger partial charge in [0.25, 0.3) is 0 Å². The summed E-state index contributed by atoms with van der Waals surface area (Å²) in [5, 5.41) is 4.27. The fourth-order valence-corrected chi connectivity index (χ4v) is 5.08. The monoisotopic (exact) mass is 446 g/mol. The van der Waals surface area contributed by atoms with Gasteiger partial charge in [-0.3, -0.25) is 4.79 Å². The molecule has 0 bridgehead atoms. The van der Waals surface area contributed by atoms with Crippen molar-refractivity contribution in [2.45, 2.75) is 33.1 Å². The van der Waals surface area contributed by atoms with Crippen LogP contribution in [0.5, 0.6) is 11.5 Å². The molecule has 2 aromatic carbocycles. The summed E-state index contributed by atoms with van der Waals surface area (Å²) in [7, 11) is 0. The number of thiazole rings is 1. The summed E-state index contributed by atoms with van der Waals surface area (Å²) >= 11 is 1.45. The van der Waals surface area contributed by atoms with Crippen molar-refractivity contribution in [1.82, 2.24) is 10.3 Å². The lowest BCUT2D eigenvalue weighted by Gasteiger charge is -2.23. The lowest BCUT2D eigenvalue weighted by molar-refractivity contribution is 0.105. The normalized spacial score (nSPS) is 16.2. The van der Waals surface area contributed by atoms with Crippen molar-refractivity contribution < 1.29 is 14.3 Å². The van der Waals surface area contributed by atoms with Crippen LogP contribution in [0.4, 0.5) is 0 Å². The van der Waals surface area contributed by atoms with E-state index in [1.54, 1.807) is 6.08 Å². The zero-order chi connectivity index (χ0) is 22.1. The number of hydrogen-bond donors (Lipinski definition) is 1. The number of aryl methyl sites for hydroxylation is 2. The number of carbonyl (C=O) groups is 1. The van der Waals surface area contributed by atoms with Crippen molar-refractivity contribution >= 4 is 22.8 Å². The number of fused-ring (bicyclic) bond motifs is 2. The molecule has 0 fully saturated rings. The predicted octanol–water partition coefficient (Wildman–Crippen LogP) is 5.21. The third kappa shape index (κ3) is 4.02. The van der Waals surface area contributed by atoms with Gasteiger partial charge in [0.15, 0.2) is 17.3 Å². The van der Waals surface area contributed by atoms with Crippen LogP contribution in [0.1, 0.15) is 45.4 Å². The van der Waals surface area contributed by atoms with Crippen LogP contribution < -0.4 is 14.8 Å². The Bertz CT molecular complexity index is 1190. The van der Waals surface area contributed by atoms with E-state index in [2.05, 4.69) is 47.6 Å². The molecule has 5 nitrogen and oxygen atoms in total. The molecule has 32 heavy (non-hydrogen) atoms. The zero-order valence-electron chi connectivity index (χ0n) is 18.4. The number of rotatable bonds is 4. The molecule has 0 unspecified atom stereocenters. The summed E-state index contributed by atoms with van der Waals surface area (Å²) in [4.78, 5) is 18.6. The van der Waals surface area contributed by atoms with Gasteiger partial charge < -0.3 is 14.8 Å². The Morgan fingerprint density at radius 2 is 1.91 bits per heavy atom. The highest BCUT2D eigenvalue weighted by atomic mass is 32.1. The first kappa shape index (κ1) is 20.8. The van der Waals surface area contributed by atoms with Gasteiger partial charge >= 0.3 is 0 Å². The minimum atomic E-state index is -0.0288. The van der Waals surface area contributed by atoms with Crippen LogP contribution in [0.25, 0.3) is 16.3 Å². The number of hydrogen-bond acceptors (Lipinski definition) is 6. The van der Waals surface area contributed by atoms with Crippen LogP contribution in [-0.4, -0.2) is 30.5 Å². The van der Waals surface area contributed by atoms with E-state index < -0.39 is 0 Å². The van der Waals surface area contributed by atoms with Crippen LogP contribution in [-0.2, 0) is 12.8 Å². The molecule has 0 spiro atoms. The van der Waals surface area contributed by atoms with E-state index in [9.17, 15) is 4.79 Å². The Labute approximate surface area is 192 Å². The standard InChI is InChI=1S/C26H26N2O3S/c1-3-17-5-7-18(8-6-17)26-28-16(2)25(32-26)22(29)15-21-20-14-24-23(30-11-4-12-31-24)13-19(20)9-10-27-21/h5-8,13-15,27H,3-4,9-12H2,1-2H3. The third-order valence-electron chi connectivity index (χ3n) is 5.88. The third-order valence-corrected chi connectivity index (χ3v) is 7.10. The smallest absolute Gasteiger partial charge is 0.199 e. The number of benzene rings is 2. The summed E-state index contributed by atoms with van der Waals surface area (Å²) < 4.78 is 11.7. The van der Waals surface area contributed by atoms with Gasteiger partial charge in [-0.1, -0.05) is 31.2 Å². The Hall–Kier alpha value is -3.12. The first-order chi connectivity index (χ1) is 15.6. The van der Waals surface area contributed by atoms with Gasteiger partial charge in [-0.05, 0) is 43.0 Å². The molecule has 0 saturated heterocycles. The fraction of sp³-hybridized carbons (Fsp3) is 0.308. The van der Waals surface area contributed by atoms with E-state index in [0.717, 1.165) is 64.8 Å². The first-order valence-corrected chi connectivity index (χ1v) is 11.9. The lowest BCUT2D eigenvalue weighted by Crippen LogP contribution is -2.23. The number of nitrogens with one attached hydrogen (secondary N) is 1. The molecule has 0 amide bonds. The van der Waals surface area contributed by atoms with Gasteiger partial charge in [-0.2, -0.15) is 0 Å². The van der Waals surface area contributed by atoms with E-state index in [1.807, 2.05) is 13.0 Å². The molecule has 164 valence electrons. The van der Waals surface area contributed by atoms with Gasteiger partial charge in [-0.25, -0.2) is 4.98 Å². The molecule has 2 aliphatic rings. The fourth-order valence-electron chi connectivity index (χ4n) is 4.09. The second-order valence-electron chi connectivity index (χ2n) is 8.09. The minimum absolute atomic E-state index is 0.0288. The topological polar surface area (TPSA) is 60.5 Å². The van der Waals surface area contributed by atoms with Gasteiger partial charge in [0.05, 0.1) is 23.8 Å². The van der Waals surface area contributed by atoms with Crippen LogP contribution in [0.3, 0.4) is 0 Å². The maximum Gasteiger partial charge on any atom is 0.199 e. The molecular formula is C26H26N2O3S. The Morgan fingerprint density at radius 3 is 2.66 bits per heavy atom. The molecule has 1 N–H and O–H groups in total. The van der Waals surface area contributed by atoms with Crippen LogP contribution in [0.15, 0.2) is 42.5 Å². The van der Waals surface area contributed by atoms with Crippen molar-refractivity contribution in [2.75, 3.05) is 19.8 Å². The lowest BCUT2D eigenvalue weighted by atomic mass is 9.96. The molecule has 5 rings (SSSR count). The maximum atomic E-state index is 13.2. The summed E-state index contributed by atoms with van der Waals surface area (Å²) in [6, 6.07) is 12.5. The van der Waals surface area contributed by atoms with E-state index in [0.29, 0.717) is 18.1 Å². The van der Waals surface area contributed by atoms with Crippen LogP contribution in [0.2, 0.25) is 0 Å². The molecule has 0 atom stereocenters. The largest absolute Gasteiger partial charge is 0.490 e. The molecule has 3 heterocycles. The predicted molar refractivity (Wildman–Crippen MR) is 128 cm³/mol. The Morgan fingerprint density at radius 1 is 1.16 bits per heavy atom. The quantitative estimate of drug-likeness (QED) is 0.440. The molecule has 0 saturated carbocycles. The highest BCUT2D eigenvalue weighted by Gasteiger charge is 2.22. The van der Waals surface area contributed by atoms with Crippen molar-refractivity contribution in [1.29, 1.82) is 0 Å². The molecule has 0 radical (unpaired) electrons. The first-order valence-electron chi connectivity index (χ1n) is 11.1. The molecule has 3 aromatic rings. The Balaban J connectivity index is 1.46. The van der Waals surface area contributed by atoms with Gasteiger partial charge in [0, 0.05) is 35.9 Å². The number of ether oxygens (including phenoxy) is 2. The molecule has 1 aromatic heterocycles. The minimum Gasteiger partial charge on any atom is -0.490 e. The maximum absolute atomic E-state index is 13.2. The van der Waals surface area contributed by atoms with Crippen LogP contribution in [0, 0.1) is 6.92 Å². The van der Waals surface area contributed by atoms with Crippen molar-refractivity contribution in [3.05, 3.63) is 69.7 Å². The average Bonchev–Trinajstić information content (AvgIpc) is 3.05. The summed E-state index contributed by atoms with van der Waals surface area (Å²) in [5.41, 5.74) is 6.10. The van der Waals surface area contributed by atoms with Gasteiger partial charge in [-0.15, -0.1) is 11.3 Å². The van der Waals surface area contributed by atoms with Crippen molar-refractivity contribution in [3.63, 3.8) is 0 Å². The summed E-state index contributed by atoms with van der Waals surface area (Å²) in [5.74, 6) is 1.51. The number of carbonyl (C=O) groups excluding carboxylic acids is 1. The Kier molecular flexibility index (Phi) is 5.70. The molecular weight excluding hydrogens is 420 g/mol. The van der Waals surface area contributed by atoms with Gasteiger partial charge in [0.1, 0.15) is 5.01 Å². The van der Waals surface area contributed by atoms with Gasteiger partial charge in [0.2, 0.25) is 0 Å². The SMILES string of the molecule is CCc1ccc(-c2nc(C)c(C(=O)C=C3NCCc4cc5c(cc43)OCCCO5)s2)cc1. The van der Waals surface area contributed by atoms with Crippen molar-refractivity contribution in [3.8, 4) is 22.1 Å². The van der Waals surface area contributed by atoms with E-state index in [-0.39, 0.29) is 5.78 Å². The number of allylic oxidation sites excluding steroid dienone is 1. The zero-order valence-corrected chi connectivity index (χ0v) is 19.2. The highest BCUT2D eigenvalue weighted by molar-refractivity contribution is 7.17. The highest BCUT2D eigenvalue weighted by Crippen LogP contribution is 2.37. The average molecular weight is 447 g/mol. The number of ketones is 1. The molecule has 6 heteroatoms. The van der Waals surface area contributed by atoms with E-state index in [1.165, 1.54) is 22.5 Å². The summed E-state index contributed by atoms with van der Waals surface area (Å²) in [6.07, 6.45) is 4.46. The second-order valence-corrected chi connectivity index (χ2v) is 9.09.